The Kier molecular flexibility index (Phi) is 13.6. The van der Waals surface area contributed by atoms with E-state index in [0.717, 1.165) is 0 Å². The van der Waals surface area contributed by atoms with E-state index in [9.17, 15) is 0 Å². The summed E-state index contributed by atoms with van der Waals surface area (Å²) >= 11 is 3.53. The summed E-state index contributed by atoms with van der Waals surface area (Å²) < 4.78 is 0. The van der Waals surface area contributed by atoms with Crippen molar-refractivity contribution in [1.29, 1.82) is 0 Å². The summed E-state index contributed by atoms with van der Waals surface area (Å²) in [6, 6.07) is 6.00. The molecule has 0 aliphatic carbocycles. The van der Waals surface area contributed by atoms with Gasteiger partial charge in [-0.05, 0) is 6.26 Å². The molecule has 0 aliphatic heterocycles. The normalized spacial score (nSPS) is 5.56. The predicted molar refractivity (Wildman–Crippen MR) is 45.2 cm³/mol. The minimum atomic E-state index is 0. The Hall–Kier alpha value is -0.305. The Bertz CT molecular complexity index is 85.0. The predicted octanol–water partition coefficient (Wildman–Crippen LogP) is 1.72. The van der Waals surface area contributed by atoms with Crippen molar-refractivity contribution < 1.29 is 4.70 Å². The van der Waals surface area contributed by atoms with Gasteiger partial charge in [0.05, 0.1) is 0 Å². The van der Waals surface area contributed by atoms with E-state index in [4.69, 9.17) is 0 Å². The van der Waals surface area contributed by atoms with Crippen molar-refractivity contribution in [2.75, 3.05) is 6.26 Å². The Morgan fingerprint density at radius 2 is 1.44 bits per heavy atom. The van der Waals surface area contributed by atoms with E-state index in [1.807, 2.05) is 37.0 Å². The van der Waals surface area contributed by atoms with Gasteiger partial charge in [-0.2, -0.15) is 12.6 Å². The van der Waals surface area contributed by atoms with Gasteiger partial charge in [0, 0.05) is 0 Å². The summed E-state index contributed by atoms with van der Waals surface area (Å²) in [5, 5.41) is 0. The van der Waals surface area contributed by atoms with Gasteiger partial charge in [0.1, 0.15) is 0 Å². The second-order valence-electron chi connectivity index (χ2n) is 1.15. The van der Waals surface area contributed by atoms with E-state index in [2.05, 4.69) is 12.6 Å². The maximum absolute atomic E-state index is 3.53. The molecule has 0 radical (unpaired) electrons. The Balaban J connectivity index is 0. The first-order valence-electron chi connectivity index (χ1n) is 2.45. The van der Waals surface area contributed by atoms with Gasteiger partial charge in [-0.15, -0.1) is 0 Å². The Morgan fingerprint density at radius 1 is 1.00 bits per heavy atom. The average Bonchev–Trinajstić information content (AvgIpc) is 1.96. The van der Waals surface area contributed by atoms with E-state index in [1.54, 1.807) is 6.26 Å². The zero-order valence-corrected chi connectivity index (χ0v) is 6.21. The van der Waals surface area contributed by atoms with Crippen LogP contribution in [-0.2, 0) is 0 Å². The molecule has 0 amide bonds. The van der Waals surface area contributed by atoms with Crippen LogP contribution in [-0.4, -0.2) is 13.2 Å². The molecule has 3 heteroatoms. The van der Waals surface area contributed by atoms with E-state index in [0.29, 0.717) is 0 Å². The van der Waals surface area contributed by atoms with Gasteiger partial charge < -0.3 is 0 Å². The summed E-state index contributed by atoms with van der Waals surface area (Å²) in [6.45, 7) is 2.00. The summed E-state index contributed by atoms with van der Waals surface area (Å²) in [7, 11) is 0. The molecule has 0 saturated carbocycles. The number of hydrogen-bond acceptors (Lipinski definition) is 1. The Labute approximate surface area is 61.3 Å². The van der Waals surface area contributed by atoms with Crippen molar-refractivity contribution in [3.8, 4) is 0 Å². The molecule has 0 fully saturated rings. The molecule has 0 spiro atoms. The zero-order valence-electron chi connectivity index (χ0n) is 5.32. The van der Waals surface area contributed by atoms with Crippen LogP contribution in [0.25, 0.3) is 0 Å². The Morgan fingerprint density at radius 3 is 1.56 bits per heavy atom. The first kappa shape index (κ1) is 11.5. The first-order valence-corrected chi connectivity index (χ1v) is 3.34. The molecule has 0 bridgehead atoms. The van der Waals surface area contributed by atoms with Crippen LogP contribution >= 0.6 is 12.6 Å². The minimum absolute atomic E-state index is 0. The van der Waals surface area contributed by atoms with Crippen LogP contribution in [0.15, 0.2) is 30.1 Å². The summed E-state index contributed by atoms with van der Waals surface area (Å²) in [4.78, 5) is 0. The van der Waals surface area contributed by atoms with Crippen LogP contribution in [0.1, 0.15) is 0 Å². The van der Waals surface area contributed by atoms with E-state index in [1.165, 1.54) is 0 Å². The molecule has 9 heavy (non-hydrogen) atoms. The zero-order chi connectivity index (χ0) is 6.24. The molecule has 0 aliphatic rings. The number of halogens is 1. The second-order valence-corrected chi connectivity index (χ2v) is 1.15. The van der Waals surface area contributed by atoms with Crippen LogP contribution in [0.4, 0.5) is 4.70 Å². The SMILES string of the molecule is CS.F.b1ccccc1. The van der Waals surface area contributed by atoms with Crippen molar-refractivity contribution in [3.05, 3.63) is 30.1 Å². The van der Waals surface area contributed by atoms with E-state index < -0.39 is 0 Å². The van der Waals surface area contributed by atoms with Crippen LogP contribution in [0.5, 0.6) is 0 Å². The summed E-state index contributed by atoms with van der Waals surface area (Å²) in [5.74, 6) is 4.00. The van der Waals surface area contributed by atoms with Gasteiger partial charge >= 0.3 is 37.0 Å². The van der Waals surface area contributed by atoms with Crippen molar-refractivity contribution in [2.45, 2.75) is 0 Å². The number of hydrogen-bond donors (Lipinski definition) is 1. The van der Waals surface area contributed by atoms with Crippen molar-refractivity contribution in [3.63, 3.8) is 0 Å². The van der Waals surface area contributed by atoms with Crippen molar-refractivity contribution >= 4 is 19.5 Å². The fourth-order valence-corrected chi connectivity index (χ4v) is 0.385. The van der Waals surface area contributed by atoms with Crippen LogP contribution in [0.3, 0.4) is 0 Å². The van der Waals surface area contributed by atoms with E-state index >= 15 is 0 Å². The average molecular weight is 144 g/mol. The number of thiol groups is 1. The third-order valence-electron chi connectivity index (χ3n) is 0.667. The van der Waals surface area contributed by atoms with Gasteiger partial charge in [0.25, 0.3) is 0 Å². The van der Waals surface area contributed by atoms with Crippen LogP contribution < -0.4 is 0 Å². The molecule has 0 unspecified atom stereocenters. The summed E-state index contributed by atoms with van der Waals surface area (Å²) in [6.07, 6.45) is 1.69. The van der Waals surface area contributed by atoms with Gasteiger partial charge in [0.2, 0.25) is 0 Å². The fraction of sp³-hybridized carbons (Fsp3) is 0.167. The fourth-order valence-electron chi connectivity index (χ4n) is 0.385. The standard InChI is InChI=1S/C5H5B.CH4S.FH/c1-2-4-6-5-3-1;1-2;/h1-5H;2H,1H3;1H. The maximum atomic E-state index is 3.53. The molecule has 0 atom stereocenters. The van der Waals surface area contributed by atoms with Gasteiger partial charge in [0.15, 0.2) is 0 Å². The molecule has 1 heterocycles. The monoisotopic (exact) mass is 144 g/mol. The van der Waals surface area contributed by atoms with Crippen LogP contribution in [0, 0.1) is 0 Å². The third kappa shape index (κ3) is 7.69. The molecule has 1 aromatic rings. The molecular weight excluding hydrogens is 134 g/mol. The second kappa shape index (κ2) is 10.6. The molecule has 1 aromatic heterocycles. The van der Waals surface area contributed by atoms with Crippen molar-refractivity contribution in [1.82, 2.24) is 0 Å². The quantitative estimate of drug-likeness (QED) is 0.526. The molecule has 0 nitrogen and oxygen atoms in total. The molecule has 0 saturated heterocycles. The molecule has 0 aromatic carbocycles. The van der Waals surface area contributed by atoms with Gasteiger partial charge in [-0.3, -0.25) is 4.70 Å². The topological polar surface area (TPSA) is 0 Å². The molecule has 1 rings (SSSR count). The van der Waals surface area contributed by atoms with Gasteiger partial charge in [-0.1, -0.05) is 0 Å². The molecular formula is C6H10BFS. The van der Waals surface area contributed by atoms with Gasteiger partial charge in [-0.25, -0.2) is 0 Å². The molecule has 0 N–H and O–H groups in total. The van der Waals surface area contributed by atoms with Crippen molar-refractivity contribution in [2.24, 2.45) is 0 Å². The molecule has 50 valence electrons. The first-order chi connectivity index (χ1) is 4.00. The number of rotatable bonds is 0. The summed E-state index contributed by atoms with van der Waals surface area (Å²) in [5.41, 5.74) is 0. The third-order valence-corrected chi connectivity index (χ3v) is 0.667. The van der Waals surface area contributed by atoms with E-state index in [-0.39, 0.29) is 4.70 Å². The van der Waals surface area contributed by atoms with Crippen LogP contribution in [0.2, 0.25) is 0 Å².